The Bertz CT molecular complexity index is 7550. The monoisotopic (exact) mass is 2110 g/mol. The summed E-state index contributed by atoms with van der Waals surface area (Å²) in [7, 11) is -1.47. The molecule has 48 heteroatoms. The first-order chi connectivity index (χ1) is 69.0. The highest BCUT2D eigenvalue weighted by Gasteiger charge is 2.41. The Hall–Kier alpha value is -16.3. The van der Waals surface area contributed by atoms with Crippen molar-refractivity contribution in [3.8, 4) is 55.6 Å². The number of fused-ring (bicyclic) bond motifs is 4. The Labute approximate surface area is 852 Å². The van der Waals surface area contributed by atoms with Crippen molar-refractivity contribution in [3.63, 3.8) is 0 Å². The third kappa shape index (κ3) is 27.6. The maximum atomic E-state index is 15.5. The molecule has 0 radical (unpaired) electrons. The van der Waals surface area contributed by atoms with Gasteiger partial charge in [0, 0.05) is 149 Å². The lowest BCUT2D eigenvalue weighted by Crippen LogP contribution is -2.44. The molecule has 0 bridgehead atoms. The number of alkyl halides is 2. The summed E-state index contributed by atoms with van der Waals surface area (Å²) < 4.78 is 74.7. The Balaban J connectivity index is 0.000000163. The summed E-state index contributed by atoms with van der Waals surface area (Å²) in [5.41, 5.74) is 29.2. The predicted octanol–water partition coefficient (Wildman–Crippen LogP) is 11.8. The molecule has 0 unspecified atom stereocenters. The van der Waals surface area contributed by atoms with Crippen LogP contribution in [0.1, 0.15) is 96.3 Å². The van der Waals surface area contributed by atoms with Gasteiger partial charge in [-0.15, -0.1) is 12.4 Å². The van der Waals surface area contributed by atoms with E-state index in [9.17, 15) is 61.1 Å². The summed E-state index contributed by atoms with van der Waals surface area (Å²) in [4.78, 5) is 153. The van der Waals surface area contributed by atoms with Gasteiger partial charge in [0.15, 0.2) is 34.4 Å². The molecule has 7 amide bonds. The number of carboxylic acid groups (broad SMARTS) is 1. The van der Waals surface area contributed by atoms with Crippen molar-refractivity contribution in [2.45, 2.75) is 116 Å². The van der Waals surface area contributed by atoms with Crippen molar-refractivity contribution in [1.82, 2.24) is 89.2 Å². The van der Waals surface area contributed by atoms with Crippen molar-refractivity contribution in [1.29, 1.82) is 0 Å². The van der Waals surface area contributed by atoms with Gasteiger partial charge in [0.05, 0.1) is 46.0 Å². The van der Waals surface area contributed by atoms with E-state index >= 15 is 4.39 Å². The number of carbonyl (C=O) groups excluding carboxylic acids is 9. The number of nitrogens with one attached hydrogen (secondary N) is 3. The number of amides is 7. The lowest BCUT2D eigenvalue weighted by Gasteiger charge is -2.24. The predicted molar refractivity (Wildman–Crippen MR) is 539 cm³/mol. The number of likely N-dealkylation sites (tertiary alicyclic amines) is 1. The van der Waals surface area contributed by atoms with E-state index in [0.717, 1.165) is 31.6 Å². The number of rotatable bonds is 22. The number of carbonyl (C=O) groups is 10. The molecule has 18 rings (SSSR count). The molecule has 0 spiro atoms. The van der Waals surface area contributed by atoms with Gasteiger partial charge in [-0.2, -0.15) is 20.4 Å². The lowest BCUT2D eigenvalue weighted by molar-refractivity contribution is -0.156. The van der Waals surface area contributed by atoms with Crippen LogP contribution < -0.4 is 44.3 Å². The average molecular weight is 2120 g/mol. The number of anilines is 2. The van der Waals surface area contributed by atoms with Crippen molar-refractivity contribution >= 4 is 178 Å². The summed E-state index contributed by atoms with van der Waals surface area (Å²) in [5.74, 6) is -7.83. The molecular formula is C98H91BBrCl3F4N24O15. The number of aromatic nitrogens is 16. The van der Waals surface area contributed by atoms with Crippen molar-refractivity contribution in [3.05, 3.63) is 282 Å². The van der Waals surface area contributed by atoms with Gasteiger partial charge in [-0.3, -0.25) is 66.7 Å². The molecule has 2 aliphatic rings. The molecule has 14 N–H and O–H groups in total. The molecule has 16 aromatic rings. The fourth-order valence-corrected chi connectivity index (χ4v) is 16.1. The van der Waals surface area contributed by atoms with Gasteiger partial charge in [-0.05, 0) is 137 Å². The van der Waals surface area contributed by atoms with Crippen molar-refractivity contribution < 1.29 is 90.1 Å². The number of aliphatic carboxylic acids is 1. The van der Waals surface area contributed by atoms with Crippen LogP contribution in [0.15, 0.2) is 237 Å². The zero-order chi connectivity index (χ0) is 104. The van der Waals surface area contributed by atoms with Crippen LogP contribution in [0.5, 0.6) is 0 Å². The largest absolute Gasteiger partial charge is 0.491 e. The quantitative estimate of drug-likeness (QED) is 0.0171. The van der Waals surface area contributed by atoms with E-state index in [1.165, 1.54) is 74.6 Å². The normalized spacial score (nSPS) is 14.0. The number of benzene rings is 8. The fraction of sp³-hybridized carbons (Fsp3) is 0.204. The summed E-state index contributed by atoms with van der Waals surface area (Å²) in [6, 6.07) is 41.9. The fourth-order valence-electron chi connectivity index (χ4n) is 15.2. The van der Waals surface area contributed by atoms with E-state index in [0.29, 0.717) is 86.9 Å². The van der Waals surface area contributed by atoms with Crippen molar-refractivity contribution in [2.24, 2.45) is 22.9 Å². The van der Waals surface area contributed by atoms with Gasteiger partial charge in [0.1, 0.15) is 81.1 Å². The van der Waals surface area contributed by atoms with Crippen LogP contribution in [-0.2, 0) is 64.4 Å². The highest BCUT2D eigenvalue weighted by Crippen LogP contribution is 2.38. The number of ether oxygens (including phenoxy) is 2. The molecule has 146 heavy (non-hydrogen) atoms. The van der Waals surface area contributed by atoms with Crippen LogP contribution in [0, 0.1) is 11.6 Å². The van der Waals surface area contributed by atoms with Crippen LogP contribution in [0.3, 0.4) is 0 Å². The molecule has 0 saturated carbocycles. The zero-order valence-corrected chi connectivity index (χ0v) is 82.1. The number of primary amides is 4. The second-order valence-electron chi connectivity index (χ2n) is 34.3. The minimum atomic E-state index is -1.47. The maximum Gasteiger partial charge on any atom is 0.491 e. The van der Waals surface area contributed by atoms with E-state index in [-0.39, 0.29) is 97.7 Å². The molecule has 2 aliphatic heterocycles. The first kappa shape index (κ1) is 108. The number of hydrogen-bond donors (Lipinski definition) is 10. The third-order valence-corrected chi connectivity index (χ3v) is 22.7. The standard InChI is InChI=1S/C31H24ClF2N7O3.C18H19N5O3.C17H15ClF2N2O.C14H16BrN3O3.C14H11N5O3.C4H5BN2O2.ClH/c32-23-6-2-1-4-20(23)21-5-3-7-24(28(21)34)38-31(44)26-11-19(33)14-40(26)27(42)15-41-25-9-8-17(18-12-36-16-37-13-18)10-22(25)29(39-41)30(35)43;1-18(2,3)26-15(24)9-23-14-5-4-11(12-7-20-10-21-8-12)6-13(14)16(22-23)17(19)25;18-13-6-2-1-4-11(13)12-5-3-7-14(16(12)20)22-17(23)15-8-10(19)9-21-15;1-14(2,3)21-11(19)7-18-10-5-4-8(15)6-9(10)12(17-18)13(16)20;15-14(22)13-10-3-8(9-4-16-7-17-5-9)1-2-11(10)19(18-13)6-12(20)21;8-5(9)4-1-6-3-7-2-4;/h1-10,12-13,16,19,26H,11,14-15H2,(H2,35,43)(H,38,44);4-8,10H,9H2,1-3H3,(H2,19,25);1-7,10,15,21H,8-9H2,(H,22,23);4-6H,7H2,1-3H3,(H2,16,20);1-5,7H,6H2,(H2,15,22)(H,20,21);1-3,8-9H;1H/t19-,26+;;10-,15+;;;;/m1.1..../s1. The van der Waals surface area contributed by atoms with Gasteiger partial charge in [0.2, 0.25) is 17.7 Å². The van der Waals surface area contributed by atoms with E-state index in [2.05, 4.69) is 92.1 Å². The minimum absolute atomic E-state index is 0. The van der Waals surface area contributed by atoms with Crippen LogP contribution in [0.25, 0.3) is 99.2 Å². The topological polar surface area (TPSA) is 568 Å². The smallest absolute Gasteiger partial charge is 0.480 e. The molecule has 8 aromatic carbocycles. The van der Waals surface area contributed by atoms with Gasteiger partial charge in [-0.25, -0.2) is 57.4 Å². The van der Waals surface area contributed by atoms with E-state index in [1.807, 2.05) is 6.07 Å². The Morgan fingerprint density at radius 1 is 0.452 bits per heavy atom. The molecule has 4 atom stereocenters. The molecule has 8 aromatic heterocycles. The Morgan fingerprint density at radius 2 is 0.801 bits per heavy atom. The second kappa shape index (κ2) is 48.2. The van der Waals surface area contributed by atoms with Crippen LogP contribution in [0.4, 0.5) is 28.9 Å². The summed E-state index contributed by atoms with van der Waals surface area (Å²) in [6.07, 6.45) is 15.4. The van der Waals surface area contributed by atoms with Gasteiger partial charge < -0.3 is 68.4 Å². The zero-order valence-electron chi connectivity index (χ0n) is 78.2. The SMILES string of the molecule is CC(C)(C)OC(=O)Cn1nc(C(N)=O)c2cc(-c3cncnc3)ccc21.CC(C)(C)OC(=O)Cn1nc(C(N)=O)c2cc(Br)ccc21.Cl.NC(=O)c1nn(CC(=O)N2C[C@H](F)C[C@H]2C(=O)Nc2cccc(-c3ccccc3Cl)c2F)c2ccc(-c3cncnc3)cc12.NC(=O)c1nn(CC(=O)O)c2ccc(-c3cncnc3)cc12.O=C(Nc1cccc(-c2ccccc2Cl)c1F)[C@@H]1C[C@@H](F)CN1.OB(O)c1cncnc1. The lowest BCUT2D eigenvalue weighted by atomic mass is 9.83. The van der Waals surface area contributed by atoms with Gasteiger partial charge in [0.25, 0.3) is 23.6 Å². The average Bonchev–Trinajstić information content (AvgIpc) is 1.62. The van der Waals surface area contributed by atoms with Crippen molar-refractivity contribution in [2.75, 3.05) is 23.7 Å². The summed E-state index contributed by atoms with van der Waals surface area (Å²) in [5, 5.41) is 53.1. The van der Waals surface area contributed by atoms with Crippen LogP contribution >= 0.6 is 51.5 Å². The van der Waals surface area contributed by atoms with Gasteiger partial charge in [-0.1, -0.05) is 118 Å². The maximum absolute atomic E-state index is 15.5. The minimum Gasteiger partial charge on any atom is -0.480 e. The molecule has 2 saturated heterocycles. The number of hydrogen-bond acceptors (Lipinski definition) is 27. The molecule has 752 valence electrons. The number of nitrogens with zero attached hydrogens (tertiary/aromatic N) is 17. The molecular weight excluding hydrogens is 2030 g/mol. The number of halogens is 8. The van der Waals surface area contributed by atoms with Crippen LogP contribution in [0.2, 0.25) is 10.0 Å². The second-order valence-corrected chi connectivity index (χ2v) is 36.0. The molecule has 10 heterocycles. The first-order valence-electron chi connectivity index (χ1n) is 43.9. The Kier molecular flexibility index (Phi) is 35.8. The van der Waals surface area contributed by atoms with Gasteiger partial charge >= 0.3 is 25.0 Å². The third-order valence-electron chi connectivity index (χ3n) is 21.5. The highest BCUT2D eigenvalue weighted by molar-refractivity contribution is 9.10. The van der Waals surface area contributed by atoms with E-state index in [4.69, 9.17) is 70.8 Å². The van der Waals surface area contributed by atoms with E-state index in [1.54, 1.807) is 212 Å². The molecule has 2 fully saturated rings. The Morgan fingerprint density at radius 3 is 1.15 bits per heavy atom. The highest BCUT2D eigenvalue weighted by atomic mass is 79.9. The molecule has 0 aliphatic carbocycles. The molecule has 39 nitrogen and oxygen atoms in total. The summed E-state index contributed by atoms with van der Waals surface area (Å²) >= 11 is 15.7. The number of carboxylic acids is 1. The first-order valence-corrected chi connectivity index (χ1v) is 45.5. The number of esters is 2. The summed E-state index contributed by atoms with van der Waals surface area (Å²) in [6.45, 7) is 9.59. The van der Waals surface area contributed by atoms with E-state index < -0.39 is 120 Å². The van der Waals surface area contributed by atoms with Crippen LogP contribution in [-0.4, -0.2) is 214 Å². The number of nitrogens with two attached hydrogens (primary N) is 4.